The highest BCUT2D eigenvalue weighted by Crippen LogP contribution is 2.44. The molecule has 1 aliphatic carbocycles. The third-order valence-electron chi connectivity index (χ3n) is 6.58. The molecule has 1 aromatic carbocycles. The summed E-state index contributed by atoms with van der Waals surface area (Å²) in [7, 11) is 0. The number of rotatable bonds is 4. The SMILES string of the molecule is O=CNC(C1=Cc2ccccc2CO1)C1CCN[C@H]2OC3(CCCCC3)O[C@@H]12. The standard InChI is InChI=1S/C22H28N2O4/c25-14-24-19(18-12-15-6-2-3-7-16(15)13-26-18)17-8-11-23-21-20(17)27-22(28-21)9-4-1-5-10-22/h2-3,6-7,12,14,17,19-21,23H,1,4-5,8-11,13H2,(H,24,25)/t17?,19?,20-,21-/m0/s1. The van der Waals surface area contributed by atoms with Crippen molar-refractivity contribution in [2.75, 3.05) is 6.54 Å². The molecular weight excluding hydrogens is 356 g/mol. The van der Waals surface area contributed by atoms with E-state index < -0.39 is 5.79 Å². The van der Waals surface area contributed by atoms with Crippen LogP contribution in [0.4, 0.5) is 0 Å². The van der Waals surface area contributed by atoms with Crippen molar-refractivity contribution in [2.45, 2.75) is 69.3 Å². The summed E-state index contributed by atoms with van der Waals surface area (Å²) in [4.78, 5) is 11.5. The fourth-order valence-electron chi connectivity index (χ4n) is 5.18. The van der Waals surface area contributed by atoms with Crippen LogP contribution in [0.5, 0.6) is 0 Å². The molecule has 5 rings (SSSR count). The molecule has 3 aliphatic heterocycles. The minimum absolute atomic E-state index is 0.0917. The van der Waals surface area contributed by atoms with Gasteiger partial charge in [0.05, 0.1) is 6.04 Å². The highest BCUT2D eigenvalue weighted by Gasteiger charge is 2.53. The van der Waals surface area contributed by atoms with Gasteiger partial charge in [0.15, 0.2) is 5.79 Å². The first kappa shape index (κ1) is 18.2. The Balaban J connectivity index is 1.42. The van der Waals surface area contributed by atoms with Crippen molar-refractivity contribution < 1.29 is 19.0 Å². The van der Waals surface area contributed by atoms with Gasteiger partial charge in [0.2, 0.25) is 6.41 Å². The maximum Gasteiger partial charge on any atom is 0.207 e. The van der Waals surface area contributed by atoms with Crippen LogP contribution in [0.1, 0.15) is 49.7 Å². The van der Waals surface area contributed by atoms with E-state index in [-0.39, 0.29) is 24.3 Å². The van der Waals surface area contributed by atoms with Crippen LogP contribution in [-0.4, -0.2) is 37.1 Å². The Labute approximate surface area is 165 Å². The number of nitrogens with one attached hydrogen (secondary N) is 2. The zero-order valence-corrected chi connectivity index (χ0v) is 16.1. The van der Waals surface area contributed by atoms with Crippen LogP contribution in [0.25, 0.3) is 6.08 Å². The molecule has 4 atom stereocenters. The van der Waals surface area contributed by atoms with E-state index in [0.29, 0.717) is 6.61 Å². The largest absolute Gasteiger partial charge is 0.491 e. The lowest BCUT2D eigenvalue weighted by Crippen LogP contribution is -2.55. The quantitative estimate of drug-likeness (QED) is 0.782. The first-order valence-corrected chi connectivity index (χ1v) is 10.5. The maximum atomic E-state index is 11.5. The summed E-state index contributed by atoms with van der Waals surface area (Å²) in [6.45, 7) is 1.37. The van der Waals surface area contributed by atoms with Crippen molar-refractivity contribution >= 4 is 12.5 Å². The van der Waals surface area contributed by atoms with Crippen LogP contribution >= 0.6 is 0 Å². The topological polar surface area (TPSA) is 68.8 Å². The lowest BCUT2D eigenvalue weighted by atomic mass is 9.84. The fraction of sp³-hybridized carbons (Fsp3) is 0.591. The van der Waals surface area contributed by atoms with Crippen LogP contribution in [-0.2, 0) is 25.6 Å². The second kappa shape index (κ2) is 7.50. The van der Waals surface area contributed by atoms with Crippen LogP contribution in [0, 0.1) is 5.92 Å². The molecule has 6 nitrogen and oxygen atoms in total. The summed E-state index contributed by atoms with van der Waals surface area (Å²) < 4.78 is 19.0. The normalized spacial score (nSPS) is 31.9. The molecule has 150 valence electrons. The summed E-state index contributed by atoms with van der Waals surface area (Å²) in [5, 5.41) is 6.49. The lowest BCUT2D eigenvalue weighted by Gasteiger charge is -2.38. The Morgan fingerprint density at radius 2 is 2.04 bits per heavy atom. The van der Waals surface area contributed by atoms with Gasteiger partial charge in [-0.3, -0.25) is 10.1 Å². The summed E-state index contributed by atoms with van der Waals surface area (Å²) in [6.07, 6.45) is 8.96. The summed E-state index contributed by atoms with van der Waals surface area (Å²) in [6, 6.07) is 8.00. The number of benzene rings is 1. The molecule has 2 saturated heterocycles. The van der Waals surface area contributed by atoms with E-state index in [0.717, 1.165) is 56.4 Å². The molecular formula is C22H28N2O4. The van der Waals surface area contributed by atoms with Gasteiger partial charge in [0.1, 0.15) is 24.7 Å². The van der Waals surface area contributed by atoms with Gasteiger partial charge < -0.3 is 19.5 Å². The Hall–Kier alpha value is -1.89. The molecule has 1 saturated carbocycles. The first-order chi connectivity index (χ1) is 13.8. The number of hydrogen-bond acceptors (Lipinski definition) is 5. The Kier molecular flexibility index (Phi) is 4.87. The number of ether oxygens (including phenoxy) is 3. The van der Waals surface area contributed by atoms with Gasteiger partial charge in [-0.2, -0.15) is 0 Å². The molecule has 1 spiro atoms. The molecule has 2 N–H and O–H groups in total. The third-order valence-corrected chi connectivity index (χ3v) is 6.58. The van der Waals surface area contributed by atoms with Crippen LogP contribution in [0.15, 0.2) is 30.0 Å². The van der Waals surface area contributed by atoms with Gasteiger partial charge in [0, 0.05) is 18.8 Å². The van der Waals surface area contributed by atoms with E-state index in [1.54, 1.807) is 0 Å². The van der Waals surface area contributed by atoms with Crippen LogP contribution in [0.3, 0.4) is 0 Å². The molecule has 1 aromatic rings. The van der Waals surface area contributed by atoms with E-state index in [1.165, 1.54) is 12.0 Å². The molecule has 6 heteroatoms. The zero-order valence-electron chi connectivity index (χ0n) is 16.1. The summed E-state index contributed by atoms with van der Waals surface area (Å²) in [5.41, 5.74) is 2.32. The molecule has 1 amide bonds. The van der Waals surface area contributed by atoms with Crippen molar-refractivity contribution in [2.24, 2.45) is 5.92 Å². The predicted molar refractivity (Wildman–Crippen MR) is 104 cm³/mol. The zero-order chi connectivity index (χ0) is 19.0. The molecule has 3 fully saturated rings. The van der Waals surface area contributed by atoms with E-state index in [1.807, 2.05) is 12.1 Å². The van der Waals surface area contributed by atoms with Crippen molar-refractivity contribution in [3.05, 3.63) is 41.2 Å². The molecule has 0 radical (unpaired) electrons. The molecule has 4 aliphatic rings. The number of hydrogen-bond donors (Lipinski definition) is 2. The lowest BCUT2D eigenvalue weighted by molar-refractivity contribution is -0.197. The summed E-state index contributed by atoms with van der Waals surface area (Å²) in [5.74, 6) is 0.461. The van der Waals surface area contributed by atoms with Crippen molar-refractivity contribution in [1.82, 2.24) is 10.6 Å². The van der Waals surface area contributed by atoms with E-state index in [2.05, 4.69) is 28.8 Å². The van der Waals surface area contributed by atoms with Crippen molar-refractivity contribution in [1.29, 1.82) is 0 Å². The van der Waals surface area contributed by atoms with Gasteiger partial charge in [-0.05, 0) is 43.0 Å². The van der Waals surface area contributed by atoms with Crippen LogP contribution < -0.4 is 10.6 Å². The minimum Gasteiger partial charge on any atom is -0.491 e. The predicted octanol–water partition coefficient (Wildman–Crippen LogP) is 2.68. The van der Waals surface area contributed by atoms with Gasteiger partial charge in [-0.15, -0.1) is 0 Å². The van der Waals surface area contributed by atoms with Crippen molar-refractivity contribution in [3.8, 4) is 0 Å². The smallest absolute Gasteiger partial charge is 0.207 e. The number of amides is 1. The average Bonchev–Trinajstić information content (AvgIpc) is 3.09. The molecule has 0 bridgehead atoms. The third kappa shape index (κ3) is 3.23. The molecule has 28 heavy (non-hydrogen) atoms. The van der Waals surface area contributed by atoms with Crippen molar-refractivity contribution in [3.63, 3.8) is 0 Å². The van der Waals surface area contributed by atoms with E-state index in [9.17, 15) is 4.79 Å². The van der Waals surface area contributed by atoms with E-state index >= 15 is 0 Å². The highest BCUT2D eigenvalue weighted by molar-refractivity contribution is 5.59. The first-order valence-electron chi connectivity index (χ1n) is 10.5. The second-order valence-corrected chi connectivity index (χ2v) is 8.30. The Bertz CT molecular complexity index is 759. The average molecular weight is 384 g/mol. The highest BCUT2D eigenvalue weighted by atomic mass is 16.8. The molecule has 2 unspecified atom stereocenters. The molecule has 3 heterocycles. The van der Waals surface area contributed by atoms with Gasteiger partial charge >= 0.3 is 0 Å². The summed E-state index contributed by atoms with van der Waals surface area (Å²) >= 11 is 0. The second-order valence-electron chi connectivity index (χ2n) is 8.30. The Morgan fingerprint density at radius 3 is 2.89 bits per heavy atom. The van der Waals surface area contributed by atoms with Gasteiger partial charge in [-0.25, -0.2) is 0 Å². The number of carbonyl (C=O) groups excluding carboxylic acids is 1. The number of carbonyl (C=O) groups is 1. The van der Waals surface area contributed by atoms with Crippen LogP contribution in [0.2, 0.25) is 0 Å². The maximum absolute atomic E-state index is 11.5. The fourth-order valence-corrected chi connectivity index (χ4v) is 5.18. The number of fused-ring (bicyclic) bond motifs is 2. The van der Waals surface area contributed by atoms with E-state index in [4.69, 9.17) is 14.2 Å². The monoisotopic (exact) mass is 384 g/mol. The number of piperidine rings is 1. The Morgan fingerprint density at radius 1 is 1.18 bits per heavy atom. The minimum atomic E-state index is -0.455. The van der Waals surface area contributed by atoms with Gasteiger partial charge in [-0.1, -0.05) is 30.7 Å². The van der Waals surface area contributed by atoms with Gasteiger partial charge in [0.25, 0.3) is 0 Å². The molecule has 0 aromatic heterocycles.